The lowest BCUT2D eigenvalue weighted by Crippen LogP contribution is -2.30. The Labute approximate surface area is 221 Å². The lowest BCUT2D eigenvalue weighted by molar-refractivity contribution is 0.443. The van der Waals surface area contributed by atoms with Crippen LogP contribution in [0, 0.1) is 5.82 Å². The SMILES string of the molecule is NS(=O)(=O)NCc1nnc(C(c2nc3ccc(-c4ccccc4)cc3s2)S(=O)(=O)Cc2ccccc2F)o1. The van der Waals surface area contributed by atoms with Gasteiger partial charge in [-0.1, -0.05) is 54.6 Å². The highest BCUT2D eigenvalue weighted by Crippen LogP contribution is 2.38. The van der Waals surface area contributed by atoms with Crippen LogP contribution >= 0.6 is 11.3 Å². The lowest BCUT2D eigenvalue weighted by atomic mass is 10.1. The third-order valence-corrected chi connectivity index (χ3v) is 9.18. The van der Waals surface area contributed by atoms with Crippen LogP contribution in [0.3, 0.4) is 0 Å². The Balaban J connectivity index is 1.57. The number of fused-ring (bicyclic) bond motifs is 1. The molecule has 14 heteroatoms. The van der Waals surface area contributed by atoms with E-state index in [2.05, 4.69) is 15.2 Å². The third kappa shape index (κ3) is 5.79. The van der Waals surface area contributed by atoms with Gasteiger partial charge in [-0.15, -0.1) is 21.5 Å². The van der Waals surface area contributed by atoms with Crippen LogP contribution in [0.15, 0.2) is 77.2 Å². The van der Waals surface area contributed by atoms with E-state index in [0.29, 0.717) is 5.52 Å². The number of nitrogens with zero attached hydrogens (tertiary/aromatic N) is 3. The van der Waals surface area contributed by atoms with Gasteiger partial charge in [0.15, 0.2) is 15.1 Å². The number of sulfone groups is 1. The summed E-state index contributed by atoms with van der Waals surface area (Å²) in [4.78, 5) is 4.54. The van der Waals surface area contributed by atoms with Gasteiger partial charge in [0.25, 0.3) is 10.2 Å². The van der Waals surface area contributed by atoms with Crippen molar-refractivity contribution in [2.75, 3.05) is 0 Å². The Morgan fingerprint density at radius 1 is 0.947 bits per heavy atom. The highest BCUT2D eigenvalue weighted by molar-refractivity contribution is 7.91. The summed E-state index contributed by atoms with van der Waals surface area (Å²) in [6.07, 6.45) is 0. The largest absolute Gasteiger partial charge is 0.422 e. The fourth-order valence-electron chi connectivity index (χ4n) is 3.80. The minimum absolute atomic E-state index is 0.0272. The Bertz CT molecular complexity index is 1820. The van der Waals surface area contributed by atoms with Crippen LogP contribution in [-0.2, 0) is 32.3 Å². The van der Waals surface area contributed by atoms with Crippen molar-refractivity contribution >= 4 is 41.6 Å². The summed E-state index contributed by atoms with van der Waals surface area (Å²) >= 11 is 1.13. The predicted molar refractivity (Wildman–Crippen MR) is 140 cm³/mol. The summed E-state index contributed by atoms with van der Waals surface area (Å²) in [6, 6.07) is 20.8. The van der Waals surface area contributed by atoms with Crippen LogP contribution in [0.4, 0.5) is 4.39 Å². The van der Waals surface area contributed by atoms with E-state index >= 15 is 0 Å². The second-order valence-electron chi connectivity index (χ2n) is 8.28. The minimum Gasteiger partial charge on any atom is -0.422 e. The molecule has 2 heterocycles. The van der Waals surface area contributed by atoms with Crippen molar-refractivity contribution in [3.63, 3.8) is 0 Å². The van der Waals surface area contributed by atoms with Gasteiger partial charge in [-0.3, -0.25) is 0 Å². The molecule has 0 saturated carbocycles. The van der Waals surface area contributed by atoms with Crippen molar-refractivity contribution in [1.82, 2.24) is 19.9 Å². The van der Waals surface area contributed by atoms with Crippen molar-refractivity contribution in [3.8, 4) is 11.1 Å². The van der Waals surface area contributed by atoms with Gasteiger partial charge in [-0.05, 0) is 29.3 Å². The molecular formula is C24H20FN5O5S3. The Hall–Kier alpha value is -3.56. The number of rotatable bonds is 9. The smallest absolute Gasteiger partial charge is 0.274 e. The number of nitrogens with one attached hydrogen (secondary N) is 1. The number of hydrogen-bond donors (Lipinski definition) is 2. The van der Waals surface area contributed by atoms with E-state index in [0.717, 1.165) is 27.2 Å². The number of aromatic nitrogens is 3. The lowest BCUT2D eigenvalue weighted by Gasteiger charge is -2.12. The second kappa shape index (κ2) is 10.3. The summed E-state index contributed by atoms with van der Waals surface area (Å²) in [6.45, 7) is -0.438. The van der Waals surface area contributed by atoms with Crippen molar-refractivity contribution < 1.29 is 25.6 Å². The van der Waals surface area contributed by atoms with Crippen molar-refractivity contribution in [3.05, 3.63) is 101 Å². The molecule has 10 nitrogen and oxygen atoms in total. The molecule has 3 N–H and O–H groups in total. The summed E-state index contributed by atoms with van der Waals surface area (Å²) in [5.41, 5.74) is 2.44. The molecule has 0 radical (unpaired) electrons. The first-order valence-electron chi connectivity index (χ1n) is 11.1. The number of benzene rings is 3. The fourth-order valence-corrected chi connectivity index (χ4v) is 7.29. The van der Waals surface area contributed by atoms with E-state index in [1.807, 2.05) is 47.2 Å². The molecule has 38 heavy (non-hydrogen) atoms. The van der Waals surface area contributed by atoms with Gasteiger partial charge >= 0.3 is 0 Å². The average Bonchev–Trinajstić information content (AvgIpc) is 3.51. The van der Waals surface area contributed by atoms with Crippen LogP contribution in [-0.4, -0.2) is 32.0 Å². The zero-order valence-corrected chi connectivity index (χ0v) is 21.9. The molecule has 5 rings (SSSR count). The Morgan fingerprint density at radius 2 is 1.68 bits per heavy atom. The summed E-state index contributed by atoms with van der Waals surface area (Å²) in [5.74, 6) is -1.85. The molecule has 1 unspecified atom stereocenters. The number of halogens is 1. The molecule has 196 valence electrons. The van der Waals surface area contributed by atoms with Gasteiger partial charge in [-0.25, -0.2) is 22.9 Å². The maximum Gasteiger partial charge on any atom is 0.274 e. The number of nitrogens with two attached hydrogens (primary N) is 1. The molecule has 0 amide bonds. The molecule has 0 spiro atoms. The van der Waals surface area contributed by atoms with Crippen LogP contribution in [0.2, 0.25) is 0 Å². The van der Waals surface area contributed by atoms with E-state index in [-0.39, 0.29) is 22.4 Å². The van der Waals surface area contributed by atoms with E-state index in [1.165, 1.54) is 24.3 Å². The van der Waals surface area contributed by atoms with Gasteiger partial charge in [0, 0.05) is 5.56 Å². The van der Waals surface area contributed by atoms with Gasteiger partial charge in [-0.2, -0.15) is 13.1 Å². The zero-order valence-electron chi connectivity index (χ0n) is 19.5. The maximum absolute atomic E-state index is 14.4. The standard InChI is InChI=1S/C24H20FN5O5S3/c25-18-9-5-4-8-17(18)14-37(31,32)22(23-30-29-21(35-23)13-27-38(26,33)34)24-28-19-11-10-16(12-20(19)36-24)15-6-2-1-3-7-15/h1-12,22,27H,13-14H2,(H2,26,33,34). The van der Waals surface area contributed by atoms with Gasteiger partial charge in [0.2, 0.25) is 11.8 Å². The molecule has 0 saturated heterocycles. The van der Waals surface area contributed by atoms with E-state index in [9.17, 15) is 21.2 Å². The average molecular weight is 574 g/mol. The minimum atomic E-state index is -4.20. The summed E-state index contributed by atoms with van der Waals surface area (Å²) < 4.78 is 72.5. The predicted octanol–water partition coefficient (Wildman–Crippen LogP) is 3.48. The summed E-state index contributed by atoms with van der Waals surface area (Å²) in [7, 11) is -8.25. The molecule has 2 aromatic heterocycles. The van der Waals surface area contributed by atoms with Crippen LogP contribution in [0.25, 0.3) is 21.3 Å². The molecule has 0 aliphatic rings. The second-order valence-corrected chi connectivity index (χ2v) is 12.8. The molecule has 1 atom stereocenters. The van der Waals surface area contributed by atoms with Gasteiger partial charge < -0.3 is 4.42 Å². The normalized spacial score (nSPS) is 13.1. The summed E-state index contributed by atoms with van der Waals surface area (Å²) in [5, 5.41) is 11.2. The number of hydrogen-bond acceptors (Lipinski definition) is 9. The first-order valence-corrected chi connectivity index (χ1v) is 15.2. The first kappa shape index (κ1) is 26.1. The van der Waals surface area contributed by atoms with E-state index < -0.39 is 43.4 Å². The molecular weight excluding hydrogens is 553 g/mol. The van der Waals surface area contributed by atoms with Gasteiger partial charge in [0.05, 0.1) is 22.5 Å². The van der Waals surface area contributed by atoms with Crippen LogP contribution in [0.1, 0.15) is 27.6 Å². The Morgan fingerprint density at radius 3 is 2.42 bits per heavy atom. The zero-order chi connectivity index (χ0) is 26.9. The number of thiazole rings is 1. The molecule has 3 aromatic carbocycles. The quantitative estimate of drug-likeness (QED) is 0.271. The van der Waals surface area contributed by atoms with Crippen LogP contribution < -0.4 is 9.86 Å². The first-order chi connectivity index (χ1) is 18.1. The van der Waals surface area contributed by atoms with Crippen LogP contribution in [0.5, 0.6) is 0 Å². The third-order valence-electron chi connectivity index (χ3n) is 5.54. The highest BCUT2D eigenvalue weighted by Gasteiger charge is 2.37. The Kier molecular flexibility index (Phi) is 7.07. The van der Waals surface area contributed by atoms with Crippen molar-refractivity contribution in [2.45, 2.75) is 17.5 Å². The molecule has 5 aromatic rings. The molecule has 0 aliphatic carbocycles. The fraction of sp³-hybridized carbons (Fsp3) is 0.125. The maximum atomic E-state index is 14.4. The van der Waals surface area contributed by atoms with E-state index in [1.54, 1.807) is 6.07 Å². The topological polar surface area (TPSA) is 158 Å². The van der Waals surface area contributed by atoms with Crippen molar-refractivity contribution in [1.29, 1.82) is 0 Å². The monoisotopic (exact) mass is 573 g/mol. The van der Waals surface area contributed by atoms with E-state index in [4.69, 9.17) is 9.56 Å². The van der Waals surface area contributed by atoms with Crippen molar-refractivity contribution in [2.24, 2.45) is 5.14 Å². The molecule has 0 fully saturated rings. The van der Waals surface area contributed by atoms with Gasteiger partial charge in [0.1, 0.15) is 10.8 Å². The molecule has 0 aliphatic heterocycles. The molecule has 0 bridgehead atoms. The highest BCUT2D eigenvalue weighted by atomic mass is 32.2.